The third-order valence-electron chi connectivity index (χ3n) is 7.19. The first-order valence-electron chi connectivity index (χ1n) is 12.5. The number of aromatic nitrogens is 4. The van der Waals surface area contributed by atoms with Crippen molar-refractivity contribution < 1.29 is 0 Å². The molecule has 4 N–H and O–H groups in total. The van der Waals surface area contributed by atoms with E-state index in [1.807, 2.05) is 18.6 Å². The van der Waals surface area contributed by atoms with Crippen molar-refractivity contribution in [1.82, 2.24) is 19.4 Å². The van der Waals surface area contributed by atoms with Gasteiger partial charge in [0.25, 0.3) is 0 Å². The number of pyridine rings is 1. The molecule has 0 amide bonds. The van der Waals surface area contributed by atoms with Gasteiger partial charge in [-0.05, 0) is 81.0 Å². The predicted octanol–water partition coefficient (Wildman–Crippen LogP) is 4.95. The van der Waals surface area contributed by atoms with Gasteiger partial charge in [0.05, 0.1) is 23.3 Å². The zero-order valence-electron chi connectivity index (χ0n) is 20.1. The lowest BCUT2D eigenvalue weighted by atomic mass is 9.84. The zero-order chi connectivity index (χ0) is 23.3. The normalized spacial score (nSPS) is 18.8. The zero-order valence-corrected chi connectivity index (χ0v) is 20.9. The van der Waals surface area contributed by atoms with Crippen molar-refractivity contribution in [2.75, 3.05) is 6.54 Å². The summed E-state index contributed by atoms with van der Waals surface area (Å²) in [4.78, 5) is 14.5. The number of hydrogen-bond acceptors (Lipinski definition) is 5. The van der Waals surface area contributed by atoms with Gasteiger partial charge in [0, 0.05) is 24.1 Å². The van der Waals surface area contributed by atoms with E-state index in [9.17, 15) is 0 Å². The average molecular weight is 491 g/mol. The van der Waals surface area contributed by atoms with E-state index in [4.69, 9.17) is 26.4 Å². The van der Waals surface area contributed by atoms with Crippen molar-refractivity contribution in [2.24, 2.45) is 17.4 Å². The lowest BCUT2D eigenvalue weighted by Crippen LogP contribution is -2.27. The maximum absolute atomic E-state index is 6.10. The molecule has 1 aliphatic rings. The maximum Gasteiger partial charge on any atom is 0.159 e. The molecule has 0 bridgehead atoms. The van der Waals surface area contributed by atoms with Crippen LogP contribution < -0.4 is 11.5 Å². The van der Waals surface area contributed by atoms with Crippen molar-refractivity contribution >= 4 is 18.1 Å². The van der Waals surface area contributed by atoms with Crippen LogP contribution >= 0.6 is 12.4 Å². The van der Waals surface area contributed by atoms with Crippen molar-refractivity contribution in [3.05, 3.63) is 84.1 Å². The van der Waals surface area contributed by atoms with Gasteiger partial charge in [0.2, 0.25) is 0 Å². The van der Waals surface area contributed by atoms with Crippen LogP contribution in [0.2, 0.25) is 0 Å². The second-order valence-corrected chi connectivity index (χ2v) is 9.60. The highest BCUT2D eigenvalue weighted by molar-refractivity contribution is 5.85. The highest BCUT2D eigenvalue weighted by atomic mass is 35.5. The van der Waals surface area contributed by atoms with Crippen LogP contribution in [0.1, 0.15) is 55.0 Å². The molecule has 6 nitrogen and oxygen atoms in total. The van der Waals surface area contributed by atoms with E-state index < -0.39 is 0 Å². The Balaban J connectivity index is 0.00000289. The Morgan fingerprint density at radius 2 is 1.77 bits per heavy atom. The molecule has 184 valence electrons. The van der Waals surface area contributed by atoms with E-state index in [0.29, 0.717) is 24.4 Å². The monoisotopic (exact) mass is 490 g/mol. The van der Waals surface area contributed by atoms with Crippen LogP contribution in [0.5, 0.6) is 0 Å². The summed E-state index contributed by atoms with van der Waals surface area (Å²) in [6.45, 7) is 0.662. The third kappa shape index (κ3) is 5.89. The summed E-state index contributed by atoms with van der Waals surface area (Å²) < 4.78 is 2.14. The molecule has 0 saturated heterocycles. The van der Waals surface area contributed by atoms with Crippen LogP contribution in [-0.2, 0) is 12.8 Å². The van der Waals surface area contributed by atoms with Gasteiger partial charge < -0.3 is 11.5 Å². The van der Waals surface area contributed by atoms with Gasteiger partial charge in [-0.1, -0.05) is 36.4 Å². The molecule has 1 saturated carbocycles. The Labute approximate surface area is 213 Å². The molecule has 1 unspecified atom stereocenters. The van der Waals surface area contributed by atoms with Gasteiger partial charge in [-0.15, -0.1) is 12.4 Å². The summed E-state index contributed by atoms with van der Waals surface area (Å²) in [7, 11) is 0. The number of imidazole rings is 1. The molecule has 1 fully saturated rings. The van der Waals surface area contributed by atoms with Crippen LogP contribution in [0.3, 0.4) is 0 Å². The number of halogens is 1. The largest absolute Gasteiger partial charge is 0.330 e. The second kappa shape index (κ2) is 11.8. The summed E-state index contributed by atoms with van der Waals surface area (Å²) in [5.41, 5.74) is 18.4. The predicted molar refractivity (Wildman–Crippen MR) is 144 cm³/mol. The summed E-state index contributed by atoms with van der Waals surface area (Å²) in [6.07, 6.45) is 13.1. The minimum Gasteiger partial charge on any atom is -0.330 e. The van der Waals surface area contributed by atoms with E-state index in [1.165, 1.54) is 18.4 Å². The fourth-order valence-corrected chi connectivity index (χ4v) is 5.27. The average Bonchev–Trinajstić information content (AvgIpc) is 3.31. The minimum atomic E-state index is 0. The number of rotatable bonds is 8. The summed E-state index contributed by atoms with van der Waals surface area (Å²) >= 11 is 0. The highest BCUT2D eigenvalue weighted by Crippen LogP contribution is 2.29. The minimum absolute atomic E-state index is 0. The number of benzene rings is 1. The van der Waals surface area contributed by atoms with Crippen LogP contribution in [0.15, 0.2) is 67.1 Å². The molecule has 35 heavy (non-hydrogen) atoms. The van der Waals surface area contributed by atoms with Crippen LogP contribution in [-0.4, -0.2) is 31.9 Å². The van der Waals surface area contributed by atoms with Gasteiger partial charge in [-0.3, -0.25) is 14.4 Å². The van der Waals surface area contributed by atoms with Gasteiger partial charge in [0.15, 0.2) is 5.65 Å². The molecule has 0 radical (unpaired) electrons. The first-order chi connectivity index (χ1) is 16.7. The molecule has 4 aromatic rings. The van der Waals surface area contributed by atoms with Crippen LogP contribution in [0.25, 0.3) is 17.0 Å². The lowest BCUT2D eigenvalue weighted by Gasteiger charge is -2.25. The summed E-state index contributed by atoms with van der Waals surface area (Å²) in [5.74, 6) is 0.994. The molecule has 0 aliphatic heterocycles. The highest BCUT2D eigenvalue weighted by Gasteiger charge is 2.21. The first kappa shape index (κ1) is 25.3. The Morgan fingerprint density at radius 3 is 2.54 bits per heavy atom. The first-order valence-corrected chi connectivity index (χ1v) is 12.5. The molecular formula is C28H35ClN6. The van der Waals surface area contributed by atoms with Gasteiger partial charge in [0.1, 0.15) is 0 Å². The summed E-state index contributed by atoms with van der Waals surface area (Å²) in [6, 6.07) is 17.2. The molecule has 0 spiro atoms. The number of fused-ring (bicyclic) bond motifs is 1. The fraction of sp³-hybridized carbons (Fsp3) is 0.393. The Hall–Kier alpha value is -2.80. The van der Waals surface area contributed by atoms with Crippen molar-refractivity contribution in [3.63, 3.8) is 0 Å². The Bertz CT molecular complexity index is 1220. The molecule has 3 aromatic heterocycles. The lowest BCUT2D eigenvalue weighted by molar-refractivity contribution is 0.323. The third-order valence-corrected chi connectivity index (χ3v) is 7.19. The molecular weight excluding hydrogens is 456 g/mol. The van der Waals surface area contributed by atoms with E-state index in [1.54, 1.807) is 0 Å². The number of hydrogen-bond donors (Lipinski definition) is 2. The molecule has 3 heterocycles. The van der Waals surface area contributed by atoms with Crippen molar-refractivity contribution in [1.29, 1.82) is 0 Å². The summed E-state index contributed by atoms with van der Waals surface area (Å²) in [5, 5.41) is 0. The molecule has 1 aromatic carbocycles. The Kier molecular flexibility index (Phi) is 8.50. The van der Waals surface area contributed by atoms with Gasteiger partial charge >= 0.3 is 0 Å². The topological polar surface area (TPSA) is 95.1 Å². The molecule has 1 atom stereocenters. The van der Waals surface area contributed by atoms with E-state index in [2.05, 4.69) is 52.9 Å². The van der Waals surface area contributed by atoms with Crippen LogP contribution in [0.4, 0.5) is 0 Å². The van der Waals surface area contributed by atoms with E-state index in [-0.39, 0.29) is 12.4 Å². The molecule has 1 aliphatic carbocycles. The number of nitrogens with zero attached hydrogens (tertiary/aromatic N) is 4. The second-order valence-electron chi connectivity index (χ2n) is 9.60. The van der Waals surface area contributed by atoms with Crippen molar-refractivity contribution in [2.45, 2.75) is 56.9 Å². The van der Waals surface area contributed by atoms with Gasteiger partial charge in [-0.2, -0.15) is 0 Å². The fourth-order valence-electron chi connectivity index (χ4n) is 5.27. The number of nitrogens with two attached hydrogens (primary N) is 2. The maximum atomic E-state index is 6.10. The van der Waals surface area contributed by atoms with E-state index >= 15 is 0 Å². The quantitative estimate of drug-likeness (QED) is 0.364. The van der Waals surface area contributed by atoms with E-state index in [0.717, 1.165) is 60.5 Å². The molecule has 5 rings (SSSR count). The SMILES string of the molecule is Cl.NCCC(Cc1cccc(-c2cnc3c(CC4CCC(N)CC4)nccn23)n1)c1ccccc1. The van der Waals surface area contributed by atoms with Crippen LogP contribution in [0, 0.1) is 5.92 Å². The molecule has 7 heteroatoms. The Morgan fingerprint density at radius 1 is 0.971 bits per heavy atom. The smallest absolute Gasteiger partial charge is 0.159 e. The van der Waals surface area contributed by atoms with Gasteiger partial charge in [-0.25, -0.2) is 4.98 Å². The standard InChI is InChI=1S/C28H34N6.ClH/c29-14-13-22(21-5-2-1-3-6-21)18-24-7-4-8-25(33-24)27-19-32-28-26(31-15-16-34(27)28)17-20-9-11-23(30)12-10-20;/h1-8,15-16,19-20,22-23H,9-14,17-18,29-30H2;1H. The van der Waals surface area contributed by atoms with Crippen molar-refractivity contribution in [3.8, 4) is 11.4 Å².